The van der Waals surface area contributed by atoms with Crippen LogP contribution in [-0.4, -0.2) is 24.3 Å². The summed E-state index contributed by atoms with van der Waals surface area (Å²) >= 11 is 0. The summed E-state index contributed by atoms with van der Waals surface area (Å²) in [6, 6.07) is 0. The summed E-state index contributed by atoms with van der Waals surface area (Å²) in [6.07, 6.45) is 3.29. The molecule has 1 N–H and O–H groups in total. The number of aldehydes is 2. The van der Waals surface area contributed by atoms with Crippen molar-refractivity contribution in [3.05, 3.63) is 23.8 Å². The van der Waals surface area contributed by atoms with E-state index in [9.17, 15) is 9.59 Å². The van der Waals surface area contributed by atoms with Crippen LogP contribution in [0.5, 0.6) is 0 Å². The van der Waals surface area contributed by atoms with Gasteiger partial charge in [-0.1, -0.05) is 12.7 Å². The molecular weight excluding hydrogens is 168 g/mol. The van der Waals surface area contributed by atoms with Crippen molar-refractivity contribution in [3.8, 4) is 0 Å². The van der Waals surface area contributed by atoms with Crippen LogP contribution in [0, 0.1) is 5.92 Å². The lowest BCUT2D eigenvalue weighted by Crippen LogP contribution is -2.11. The van der Waals surface area contributed by atoms with Crippen LogP contribution in [0.3, 0.4) is 0 Å². The van der Waals surface area contributed by atoms with Crippen LogP contribution in [-0.2, 0) is 9.59 Å². The topological polar surface area (TPSA) is 54.4 Å². The first-order valence-corrected chi connectivity index (χ1v) is 4.07. The van der Waals surface area contributed by atoms with Gasteiger partial charge in [-0.15, -0.1) is 0 Å². The third-order valence-electron chi connectivity index (χ3n) is 1.89. The van der Waals surface area contributed by atoms with E-state index in [2.05, 4.69) is 6.58 Å². The van der Waals surface area contributed by atoms with Gasteiger partial charge >= 0.3 is 0 Å². The third-order valence-corrected chi connectivity index (χ3v) is 1.89. The molecule has 3 nitrogen and oxygen atoms in total. The molecule has 0 rings (SSSR count). The van der Waals surface area contributed by atoms with Gasteiger partial charge in [0.05, 0.1) is 0 Å². The first-order chi connectivity index (χ1) is 6.21. The molecule has 72 valence electrons. The van der Waals surface area contributed by atoms with Gasteiger partial charge in [-0.05, 0) is 24.5 Å². The second-order valence-corrected chi connectivity index (χ2v) is 2.66. The van der Waals surface area contributed by atoms with E-state index in [1.165, 1.54) is 0 Å². The van der Waals surface area contributed by atoms with Crippen molar-refractivity contribution >= 4 is 12.6 Å². The Labute approximate surface area is 77.8 Å². The summed E-state index contributed by atoms with van der Waals surface area (Å²) < 4.78 is 0. The minimum atomic E-state index is -0.343. The summed E-state index contributed by atoms with van der Waals surface area (Å²) in [5, 5.41) is 8.72. The smallest absolute Gasteiger partial charge is 0.146 e. The van der Waals surface area contributed by atoms with Crippen LogP contribution in [0.4, 0.5) is 0 Å². The number of aliphatic hydroxyl groups is 1. The maximum atomic E-state index is 10.6. The van der Waals surface area contributed by atoms with E-state index in [1.54, 1.807) is 13.0 Å². The zero-order valence-electron chi connectivity index (χ0n) is 7.69. The number of allylic oxidation sites excluding steroid dienone is 3. The molecule has 0 radical (unpaired) electrons. The molecule has 0 aromatic heterocycles. The number of rotatable bonds is 6. The SMILES string of the molecule is C=C(C=O)[C@@H](CCO)/C(C=O)=C\C. The fourth-order valence-electron chi connectivity index (χ4n) is 1.13. The summed E-state index contributed by atoms with van der Waals surface area (Å²) in [5.74, 6) is -0.343. The van der Waals surface area contributed by atoms with Crippen molar-refractivity contribution in [2.24, 2.45) is 5.92 Å². The minimum Gasteiger partial charge on any atom is -0.396 e. The van der Waals surface area contributed by atoms with Gasteiger partial charge in [-0.2, -0.15) is 0 Å². The van der Waals surface area contributed by atoms with Crippen molar-refractivity contribution in [3.63, 3.8) is 0 Å². The lowest BCUT2D eigenvalue weighted by atomic mass is 9.90. The molecule has 0 aliphatic heterocycles. The zero-order valence-corrected chi connectivity index (χ0v) is 7.69. The number of hydrogen-bond acceptors (Lipinski definition) is 3. The van der Waals surface area contributed by atoms with Crippen LogP contribution in [0.25, 0.3) is 0 Å². The third kappa shape index (κ3) is 3.34. The van der Waals surface area contributed by atoms with Gasteiger partial charge in [-0.3, -0.25) is 9.59 Å². The van der Waals surface area contributed by atoms with E-state index in [-0.39, 0.29) is 12.5 Å². The molecule has 0 fully saturated rings. The summed E-state index contributed by atoms with van der Waals surface area (Å²) in [6.45, 7) is 5.18. The van der Waals surface area contributed by atoms with E-state index in [0.717, 1.165) is 0 Å². The van der Waals surface area contributed by atoms with Crippen molar-refractivity contribution in [1.82, 2.24) is 0 Å². The molecule has 0 heterocycles. The van der Waals surface area contributed by atoms with Gasteiger partial charge < -0.3 is 5.11 Å². The minimum absolute atomic E-state index is 0.0668. The molecule has 0 saturated heterocycles. The quantitative estimate of drug-likeness (QED) is 0.490. The number of aliphatic hydroxyl groups excluding tert-OH is 1. The molecule has 0 spiro atoms. The Kier molecular flexibility index (Phi) is 5.72. The van der Waals surface area contributed by atoms with Gasteiger partial charge in [0.2, 0.25) is 0 Å². The van der Waals surface area contributed by atoms with Crippen molar-refractivity contribution in [2.75, 3.05) is 6.61 Å². The molecule has 0 aromatic carbocycles. The lowest BCUT2D eigenvalue weighted by molar-refractivity contribution is -0.105. The Bertz CT molecular complexity index is 228. The molecule has 0 amide bonds. The summed E-state index contributed by atoms with van der Waals surface area (Å²) in [4.78, 5) is 21.0. The highest BCUT2D eigenvalue weighted by Crippen LogP contribution is 2.19. The van der Waals surface area contributed by atoms with Crippen LogP contribution in [0.1, 0.15) is 13.3 Å². The number of hydrogen-bond donors (Lipinski definition) is 1. The average Bonchev–Trinajstić information content (AvgIpc) is 2.17. The van der Waals surface area contributed by atoms with Crippen molar-refractivity contribution in [1.29, 1.82) is 0 Å². The Morgan fingerprint density at radius 2 is 2.08 bits per heavy atom. The standard InChI is InChI=1S/C10H14O3/c1-3-9(7-13)10(4-5-11)8(2)6-12/h3,6-7,10-11H,2,4-5H2,1H3/b9-3-/t10-/m1/s1. The van der Waals surface area contributed by atoms with Gasteiger partial charge in [0.25, 0.3) is 0 Å². The Hall–Kier alpha value is -1.22. The van der Waals surface area contributed by atoms with Crippen LogP contribution >= 0.6 is 0 Å². The van der Waals surface area contributed by atoms with Gasteiger partial charge in [-0.25, -0.2) is 0 Å². The Balaban J connectivity index is 4.67. The van der Waals surface area contributed by atoms with Gasteiger partial charge in [0.1, 0.15) is 12.6 Å². The fourth-order valence-corrected chi connectivity index (χ4v) is 1.13. The molecule has 0 aliphatic rings. The largest absolute Gasteiger partial charge is 0.396 e. The Morgan fingerprint density at radius 1 is 1.46 bits per heavy atom. The number of carbonyl (C=O) groups excluding carboxylic acids is 2. The first kappa shape index (κ1) is 11.8. The fraction of sp³-hybridized carbons (Fsp3) is 0.400. The van der Waals surface area contributed by atoms with Crippen molar-refractivity contribution in [2.45, 2.75) is 13.3 Å². The van der Waals surface area contributed by atoms with Gasteiger partial charge in [0.15, 0.2) is 0 Å². The summed E-state index contributed by atoms with van der Waals surface area (Å²) in [5.41, 5.74) is 0.820. The highest BCUT2D eigenvalue weighted by molar-refractivity contribution is 5.81. The van der Waals surface area contributed by atoms with Gasteiger partial charge in [0, 0.05) is 12.5 Å². The van der Waals surface area contributed by atoms with Crippen molar-refractivity contribution < 1.29 is 14.7 Å². The zero-order chi connectivity index (χ0) is 10.3. The molecule has 0 saturated carbocycles. The van der Waals surface area contributed by atoms with Crippen LogP contribution in [0.2, 0.25) is 0 Å². The van der Waals surface area contributed by atoms with Crippen LogP contribution in [0.15, 0.2) is 23.8 Å². The molecule has 3 heteroatoms. The lowest BCUT2D eigenvalue weighted by Gasteiger charge is -2.13. The van der Waals surface area contributed by atoms with Crippen LogP contribution < -0.4 is 0 Å². The molecule has 0 aliphatic carbocycles. The molecular formula is C10H14O3. The maximum absolute atomic E-state index is 10.6. The predicted octanol–water partition coefficient (Wildman–Crippen LogP) is 0.885. The van der Waals surface area contributed by atoms with E-state index in [0.29, 0.717) is 30.1 Å². The normalized spacial score (nSPS) is 13.5. The van der Waals surface area contributed by atoms with E-state index in [1.807, 2.05) is 0 Å². The highest BCUT2D eigenvalue weighted by atomic mass is 16.3. The summed E-state index contributed by atoms with van der Waals surface area (Å²) in [7, 11) is 0. The average molecular weight is 182 g/mol. The molecule has 0 bridgehead atoms. The monoisotopic (exact) mass is 182 g/mol. The molecule has 0 aromatic rings. The molecule has 0 unspecified atom stereocenters. The van der Waals surface area contributed by atoms with E-state index < -0.39 is 0 Å². The van der Waals surface area contributed by atoms with E-state index >= 15 is 0 Å². The number of carbonyl (C=O) groups is 2. The second kappa shape index (κ2) is 6.31. The first-order valence-electron chi connectivity index (χ1n) is 4.07. The van der Waals surface area contributed by atoms with E-state index in [4.69, 9.17) is 5.11 Å². The molecule has 13 heavy (non-hydrogen) atoms. The molecule has 1 atom stereocenters. The second-order valence-electron chi connectivity index (χ2n) is 2.66. The maximum Gasteiger partial charge on any atom is 0.146 e. The predicted molar refractivity (Wildman–Crippen MR) is 50.2 cm³/mol. The highest BCUT2D eigenvalue weighted by Gasteiger charge is 2.15. The Morgan fingerprint density at radius 3 is 2.38 bits per heavy atom.